The maximum absolute atomic E-state index is 12.2. The van der Waals surface area contributed by atoms with Gasteiger partial charge in [0.25, 0.3) is 5.91 Å². The molecular weight excluding hydrogens is 304 g/mol. The highest BCUT2D eigenvalue weighted by Crippen LogP contribution is 2.23. The molecule has 0 bridgehead atoms. The van der Waals surface area contributed by atoms with E-state index in [0.29, 0.717) is 17.2 Å². The summed E-state index contributed by atoms with van der Waals surface area (Å²) in [6.07, 6.45) is 0. The zero-order chi connectivity index (χ0) is 16.9. The first kappa shape index (κ1) is 15.8. The maximum Gasteiger partial charge on any atom is 0.251 e. The summed E-state index contributed by atoms with van der Waals surface area (Å²) >= 11 is 0. The Kier molecular flexibility index (Phi) is 4.61. The van der Waals surface area contributed by atoms with Crippen LogP contribution in [0.3, 0.4) is 0 Å². The van der Waals surface area contributed by atoms with Gasteiger partial charge in [-0.25, -0.2) is 4.98 Å². The highest BCUT2D eigenvalue weighted by Gasteiger charge is 2.13. The van der Waals surface area contributed by atoms with Gasteiger partial charge in [-0.1, -0.05) is 36.4 Å². The fourth-order valence-electron chi connectivity index (χ4n) is 2.41. The number of hydrogen-bond donors (Lipinski definition) is 1. The molecule has 1 amide bonds. The zero-order valence-electron chi connectivity index (χ0n) is 13.6. The first-order chi connectivity index (χ1) is 11.7. The van der Waals surface area contributed by atoms with Crippen molar-refractivity contribution in [3.8, 4) is 17.0 Å². The minimum atomic E-state index is -0.203. The molecule has 0 spiro atoms. The third kappa shape index (κ3) is 3.46. The van der Waals surface area contributed by atoms with Gasteiger partial charge in [0.2, 0.25) is 5.89 Å². The molecule has 0 radical (unpaired) electrons. The van der Waals surface area contributed by atoms with Crippen LogP contribution in [0.25, 0.3) is 11.3 Å². The standard InChI is InChI=1S/C19H18N2O3/c1-13-18(14-7-4-3-5-8-14)21-17(24-13)12-20-19(22)15-9-6-10-16(11-15)23-2/h3-11H,12H2,1-2H3,(H,20,22). The summed E-state index contributed by atoms with van der Waals surface area (Å²) in [5.74, 6) is 1.64. The van der Waals surface area contributed by atoms with Crippen molar-refractivity contribution in [3.63, 3.8) is 0 Å². The van der Waals surface area contributed by atoms with Crippen molar-refractivity contribution < 1.29 is 13.9 Å². The maximum atomic E-state index is 12.2. The molecule has 5 heteroatoms. The summed E-state index contributed by atoms with van der Waals surface area (Å²) in [6, 6.07) is 16.8. The van der Waals surface area contributed by atoms with Crippen LogP contribution >= 0.6 is 0 Å². The van der Waals surface area contributed by atoms with E-state index < -0.39 is 0 Å². The van der Waals surface area contributed by atoms with Crippen LogP contribution in [-0.2, 0) is 6.54 Å². The number of oxazole rings is 1. The van der Waals surface area contributed by atoms with E-state index >= 15 is 0 Å². The Hall–Kier alpha value is -3.08. The van der Waals surface area contributed by atoms with E-state index in [1.807, 2.05) is 37.3 Å². The molecule has 1 heterocycles. The molecule has 0 aliphatic carbocycles. The van der Waals surface area contributed by atoms with Crippen LogP contribution in [0.15, 0.2) is 59.0 Å². The van der Waals surface area contributed by atoms with Gasteiger partial charge in [-0.2, -0.15) is 0 Å². The Morgan fingerprint density at radius 3 is 2.71 bits per heavy atom. The first-order valence-corrected chi connectivity index (χ1v) is 7.61. The van der Waals surface area contributed by atoms with Crippen molar-refractivity contribution in [2.24, 2.45) is 0 Å². The molecule has 1 N–H and O–H groups in total. The Balaban J connectivity index is 1.70. The van der Waals surface area contributed by atoms with Crippen LogP contribution in [0.1, 0.15) is 22.0 Å². The number of benzene rings is 2. The third-order valence-electron chi connectivity index (χ3n) is 3.62. The largest absolute Gasteiger partial charge is 0.497 e. The molecule has 5 nitrogen and oxygen atoms in total. The minimum absolute atomic E-state index is 0.203. The van der Waals surface area contributed by atoms with Crippen molar-refractivity contribution in [2.45, 2.75) is 13.5 Å². The lowest BCUT2D eigenvalue weighted by molar-refractivity contribution is 0.0946. The average Bonchev–Trinajstić information content (AvgIpc) is 3.01. The van der Waals surface area contributed by atoms with Crippen LogP contribution in [0.4, 0.5) is 0 Å². The highest BCUT2D eigenvalue weighted by atomic mass is 16.5. The quantitative estimate of drug-likeness (QED) is 0.779. The van der Waals surface area contributed by atoms with Crippen molar-refractivity contribution in [1.82, 2.24) is 10.3 Å². The van der Waals surface area contributed by atoms with Gasteiger partial charge >= 0.3 is 0 Å². The number of amides is 1. The van der Waals surface area contributed by atoms with Crippen molar-refractivity contribution in [2.75, 3.05) is 7.11 Å². The predicted octanol–water partition coefficient (Wildman–Crippen LogP) is 3.59. The fraction of sp³-hybridized carbons (Fsp3) is 0.158. The molecule has 2 aromatic carbocycles. The van der Waals surface area contributed by atoms with Crippen molar-refractivity contribution in [3.05, 3.63) is 71.8 Å². The lowest BCUT2D eigenvalue weighted by atomic mass is 10.1. The van der Waals surface area contributed by atoms with E-state index in [1.54, 1.807) is 31.4 Å². The first-order valence-electron chi connectivity index (χ1n) is 7.61. The zero-order valence-corrected chi connectivity index (χ0v) is 13.6. The summed E-state index contributed by atoms with van der Waals surface area (Å²) in [7, 11) is 1.57. The normalized spacial score (nSPS) is 10.4. The number of aromatic nitrogens is 1. The number of nitrogens with one attached hydrogen (secondary N) is 1. The van der Waals surface area contributed by atoms with Crippen molar-refractivity contribution >= 4 is 5.91 Å². The molecular formula is C19H18N2O3. The van der Waals surface area contributed by atoms with Gasteiger partial charge in [-0.3, -0.25) is 4.79 Å². The summed E-state index contributed by atoms with van der Waals surface area (Å²) in [6.45, 7) is 2.09. The highest BCUT2D eigenvalue weighted by molar-refractivity contribution is 5.94. The number of aryl methyl sites for hydroxylation is 1. The van der Waals surface area contributed by atoms with E-state index in [1.165, 1.54) is 0 Å². The number of rotatable bonds is 5. The van der Waals surface area contributed by atoms with Gasteiger partial charge in [-0.05, 0) is 25.1 Å². The van der Waals surface area contributed by atoms with Crippen LogP contribution in [0.5, 0.6) is 5.75 Å². The number of carbonyl (C=O) groups excluding carboxylic acids is 1. The van der Waals surface area contributed by atoms with Gasteiger partial charge in [-0.15, -0.1) is 0 Å². The van der Waals surface area contributed by atoms with Crippen LogP contribution < -0.4 is 10.1 Å². The Morgan fingerprint density at radius 1 is 1.17 bits per heavy atom. The molecule has 0 aliphatic rings. The molecule has 1 aromatic heterocycles. The predicted molar refractivity (Wildman–Crippen MR) is 90.8 cm³/mol. The molecule has 3 rings (SSSR count). The molecule has 0 aliphatic heterocycles. The second kappa shape index (κ2) is 7.00. The smallest absolute Gasteiger partial charge is 0.251 e. The van der Waals surface area contributed by atoms with Crippen LogP contribution in [0.2, 0.25) is 0 Å². The van der Waals surface area contributed by atoms with Gasteiger partial charge < -0.3 is 14.5 Å². The lowest BCUT2D eigenvalue weighted by Crippen LogP contribution is -2.22. The molecule has 0 fully saturated rings. The Morgan fingerprint density at radius 2 is 1.96 bits per heavy atom. The molecule has 24 heavy (non-hydrogen) atoms. The van der Waals surface area contributed by atoms with Gasteiger partial charge in [0.15, 0.2) is 0 Å². The van der Waals surface area contributed by atoms with Gasteiger partial charge in [0.05, 0.1) is 13.7 Å². The van der Waals surface area contributed by atoms with E-state index in [0.717, 1.165) is 17.0 Å². The average molecular weight is 322 g/mol. The molecule has 122 valence electrons. The fourth-order valence-corrected chi connectivity index (χ4v) is 2.41. The van der Waals surface area contributed by atoms with Crippen LogP contribution in [0, 0.1) is 6.92 Å². The van der Waals surface area contributed by atoms with E-state index in [9.17, 15) is 4.79 Å². The van der Waals surface area contributed by atoms with Crippen molar-refractivity contribution in [1.29, 1.82) is 0 Å². The summed E-state index contributed by atoms with van der Waals surface area (Å²) in [4.78, 5) is 16.7. The number of hydrogen-bond acceptors (Lipinski definition) is 4. The number of nitrogens with zero attached hydrogens (tertiary/aromatic N) is 1. The number of methoxy groups -OCH3 is 1. The minimum Gasteiger partial charge on any atom is -0.497 e. The summed E-state index contributed by atoms with van der Waals surface area (Å²) in [5.41, 5.74) is 2.31. The second-order valence-corrected chi connectivity index (χ2v) is 5.29. The topological polar surface area (TPSA) is 64.4 Å². The van der Waals surface area contributed by atoms with Gasteiger partial charge in [0.1, 0.15) is 17.2 Å². The third-order valence-corrected chi connectivity index (χ3v) is 3.62. The number of ether oxygens (including phenoxy) is 1. The monoisotopic (exact) mass is 322 g/mol. The van der Waals surface area contributed by atoms with E-state index in [2.05, 4.69) is 10.3 Å². The molecule has 0 saturated heterocycles. The Bertz CT molecular complexity index is 841. The van der Waals surface area contributed by atoms with Crippen LogP contribution in [-0.4, -0.2) is 18.0 Å². The van der Waals surface area contributed by atoms with E-state index in [-0.39, 0.29) is 12.5 Å². The molecule has 0 atom stereocenters. The SMILES string of the molecule is COc1cccc(C(=O)NCc2nc(-c3ccccc3)c(C)o2)c1. The van der Waals surface area contributed by atoms with Gasteiger partial charge in [0, 0.05) is 11.1 Å². The Labute approximate surface area is 140 Å². The summed E-state index contributed by atoms with van der Waals surface area (Å²) in [5, 5.41) is 2.81. The second-order valence-electron chi connectivity index (χ2n) is 5.29. The number of carbonyl (C=O) groups is 1. The molecule has 0 unspecified atom stereocenters. The summed E-state index contributed by atoms with van der Waals surface area (Å²) < 4.78 is 10.8. The molecule has 3 aromatic rings. The lowest BCUT2D eigenvalue weighted by Gasteiger charge is -2.04. The molecule has 0 saturated carbocycles. The van der Waals surface area contributed by atoms with E-state index in [4.69, 9.17) is 9.15 Å².